The molecule has 0 aromatic heterocycles. The van der Waals surface area contributed by atoms with Gasteiger partial charge in [0.15, 0.2) is 0 Å². The van der Waals surface area contributed by atoms with Crippen LogP contribution in [0.1, 0.15) is 17.5 Å². The average Bonchev–Trinajstić information content (AvgIpc) is 2.61. The van der Waals surface area contributed by atoms with Gasteiger partial charge in [-0.3, -0.25) is 4.79 Å². The van der Waals surface area contributed by atoms with E-state index in [4.69, 9.17) is 5.73 Å². The molecule has 0 heterocycles. The van der Waals surface area contributed by atoms with Crippen LogP contribution in [-0.4, -0.2) is 37.0 Å². The Bertz CT molecular complexity index is 628. The molecule has 0 aliphatic carbocycles. The maximum absolute atomic E-state index is 12.5. The van der Waals surface area contributed by atoms with E-state index in [9.17, 15) is 4.79 Å². The Morgan fingerprint density at radius 1 is 1.04 bits per heavy atom. The van der Waals surface area contributed by atoms with Crippen molar-refractivity contribution in [1.82, 2.24) is 4.90 Å². The van der Waals surface area contributed by atoms with E-state index >= 15 is 0 Å². The Labute approximate surface area is 144 Å². The van der Waals surface area contributed by atoms with Crippen LogP contribution in [0.5, 0.6) is 0 Å². The summed E-state index contributed by atoms with van der Waals surface area (Å²) in [6.45, 7) is 4.51. The molecule has 0 fully saturated rings. The van der Waals surface area contributed by atoms with Crippen molar-refractivity contribution < 1.29 is 4.79 Å². The normalized spacial score (nSPS) is 10.4. The molecule has 0 saturated heterocycles. The van der Waals surface area contributed by atoms with Crippen LogP contribution in [0.25, 0.3) is 0 Å². The molecule has 128 valence electrons. The number of benzene rings is 2. The van der Waals surface area contributed by atoms with Gasteiger partial charge < -0.3 is 16.0 Å². The summed E-state index contributed by atoms with van der Waals surface area (Å²) in [7, 11) is 0. The molecule has 0 radical (unpaired) electrons. The number of nitrogens with two attached hydrogens (primary N) is 1. The molecule has 1 amide bonds. The zero-order chi connectivity index (χ0) is 17.2. The number of amides is 1. The highest BCUT2D eigenvalue weighted by Gasteiger charge is 2.12. The summed E-state index contributed by atoms with van der Waals surface area (Å²) in [6.07, 6.45) is 1.33. The van der Waals surface area contributed by atoms with Gasteiger partial charge in [0.2, 0.25) is 5.91 Å². The number of anilines is 1. The Hall–Kier alpha value is -2.33. The quantitative estimate of drug-likeness (QED) is 0.745. The fourth-order valence-electron chi connectivity index (χ4n) is 2.66. The molecule has 3 N–H and O–H groups in total. The Balaban J connectivity index is 1.81. The molecule has 2 aromatic rings. The maximum atomic E-state index is 12.5. The van der Waals surface area contributed by atoms with Gasteiger partial charge in [-0.15, -0.1) is 0 Å². The van der Waals surface area contributed by atoms with Crippen LogP contribution in [0.4, 0.5) is 5.69 Å². The predicted molar refractivity (Wildman–Crippen MR) is 100 cm³/mol. The van der Waals surface area contributed by atoms with Crippen LogP contribution in [0.15, 0.2) is 54.6 Å². The average molecular weight is 325 g/mol. The minimum absolute atomic E-state index is 0.150. The van der Waals surface area contributed by atoms with Gasteiger partial charge in [-0.25, -0.2) is 0 Å². The van der Waals surface area contributed by atoms with Crippen LogP contribution in [0.3, 0.4) is 0 Å². The monoisotopic (exact) mass is 325 g/mol. The molecule has 4 heteroatoms. The third-order valence-electron chi connectivity index (χ3n) is 4.06. The highest BCUT2D eigenvalue weighted by Crippen LogP contribution is 2.13. The summed E-state index contributed by atoms with van der Waals surface area (Å²) in [6, 6.07) is 18.3. The number of rotatable bonds is 9. The number of hydrogen-bond acceptors (Lipinski definition) is 3. The third-order valence-corrected chi connectivity index (χ3v) is 4.06. The van der Waals surface area contributed by atoms with Crippen LogP contribution in [0, 0.1) is 6.92 Å². The molecule has 0 bridgehead atoms. The van der Waals surface area contributed by atoms with E-state index in [2.05, 4.69) is 30.4 Å². The summed E-state index contributed by atoms with van der Waals surface area (Å²) >= 11 is 0. The van der Waals surface area contributed by atoms with E-state index in [1.807, 2.05) is 41.3 Å². The number of para-hydroxylation sites is 1. The zero-order valence-electron chi connectivity index (χ0n) is 14.4. The molecule has 0 saturated carbocycles. The van der Waals surface area contributed by atoms with Gasteiger partial charge in [-0.1, -0.05) is 48.5 Å². The van der Waals surface area contributed by atoms with Crippen molar-refractivity contribution in [2.45, 2.75) is 19.8 Å². The maximum Gasteiger partial charge on any atom is 0.224 e. The number of carbonyl (C=O) groups excluding carboxylic acids is 1. The van der Waals surface area contributed by atoms with E-state index in [0.29, 0.717) is 32.6 Å². The highest BCUT2D eigenvalue weighted by atomic mass is 16.2. The molecule has 4 nitrogen and oxygen atoms in total. The molecule has 0 atom stereocenters. The van der Waals surface area contributed by atoms with Gasteiger partial charge in [-0.05, 0) is 30.5 Å². The SMILES string of the molecule is Cc1ccccc1NCCC(=O)N(CCN)CCc1ccccc1. The lowest BCUT2D eigenvalue weighted by Crippen LogP contribution is -2.37. The fourth-order valence-corrected chi connectivity index (χ4v) is 2.66. The van der Waals surface area contributed by atoms with Crippen molar-refractivity contribution in [3.8, 4) is 0 Å². The van der Waals surface area contributed by atoms with E-state index in [1.54, 1.807) is 0 Å². The molecular formula is C20H27N3O. The van der Waals surface area contributed by atoms with Gasteiger partial charge in [0, 0.05) is 38.3 Å². The number of carbonyl (C=O) groups is 1. The minimum Gasteiger partial charge on any atom is -0.384 e. The van der Waals surface area contributed by atoms with Crippen molar-refractivity contribution in [2.24, 2.45) is 5.73 Å². The molecule has 0 unspecified atom stereocenters. The van der Waals surface area contributed by atoms with E-state index < -0.39 is 0 Å². The summed E-state index contributed by atoms with van der Waals surface area (Å²) in [5.74, 6) is 0.150. The first-order chi connectivity index (χ1) is 11.7. The van der Waals surface area contributed by atoms with Gasteiger partial charge >= 0.3 is 0 Å². The molecular weight excluding hydrogens is 298 g/mol. The largest absolute Gasteiger partial charge is 0.384 e. The number of aryl methyl sites for hydroxylation is 1. The van der Waals surface area contributed by atoms with Crippen LogP contribution < -0.4 is 11.1 Å². The molecule has 2 rings (SSSR count). The van der Waals surface area contributed by atoms with E-state index in [1.165, 1.54) is 11.1 Å². The smallest absolute Gasteiger partial charge is 0.224 e. The van der Waals surface area contributed by atoms with Crippen molar-refractivity contribution in [3.63, 3.8) is 0 Å². The standard InChI is InChI=1S/C20H27N3O/c1-17-7-5-6-10-19(17)22-14-11-20(24)23(16-13-21)15-12-18-8-3-2-4-9-18/h2-10,22H,11-16,21H2,1H3. The first-order valence-electron chi connectivity index (χ1n) is 8.52. The molecule has 24 heavy (non-hydrogen) atoms. The Morgan fingerprint density at radius 2 is 1.75 bits per heavy atom. The third kappa shape index (κ3) is 5.70. The molecule has 2 aromatic carbocycles. The molecule has 0 aliphatic rings. The molecule has 0 spiro atoms. The van der Waals surface area contributed by atoms with Crippen LogP contribution in [-0.2, 0) is 11.2 Å². The Kier molecular flexibility index (Phi) is 7.30. The summed E-state index contributed by atoms with van der Waals surface area (Å²) in [5, 5.41) is 3.34. The lowest BCUT2D eigenvalue weighted by molar-refractivity contribution is -0.130. The topological polar surface area (TPSA) is 58.4 Å². The Morgan fingerprint density at radius 3 is 2.46 bits per heavy atom. The number of nitrogens with one attached hydrogen (secondary N) is 1. The second kappa shape index (κ2) is 9.73. The highest BCUT2D eigenvalue weighted by molar-refractivity contribution is 5.76. The van der Waals surface area contributed by atoms with Crippen LogP contribution in [0.2, 0.25) is 0 Å². The lowest BCUT2D eigenvalue weighted by atomic mass is 10.1. The molecule has 0 aliphatic heterocycles. The zero-order valence-corrected chi connectivity index (χ0v) is 14.4. The number of hydrogen-bond donors (Lipinski definition) is 2. The van der Waals surface area contributed by atoms with Gasteiger partial charge in [0.25, 0.3) is 0 Å². The first kappa shape index (κ1) is 18.0. The van der Waals surface area contributed by atoms with Gasteiger partial charge in [0.1, 0.15) is 0 Å². The van der Waals surface area contributed by atoms with Crippen molar-refractivity contribution in [3.05, 3.63) is 65.7 Å². The first-order valence-corrected chi connectivity index (χ1v) is 8.52. The summed E-state index contributed by atoms with van der Waals surface area (Å²) in [4.78, 5) is 14.3. The van der Waals surface area contributed by atoms with Crippen molar-refractivity contribution in [1.29, 1.82) is 0 Å². The second-order valence-electron chi connectivity index (χ2n) is 5.90. The van der Waals surface area contributed by atoms with Crippen LogP contribution >= 0.6 is 0 Å². The fraction of sp³-hybridized carbons (Fsp3) is 0.350. The van der Waals surface area contributed by atoms with E-state index in [0.717, 1.165) is 12.1 Å². The number of nitrogens with zero attached hydrogens (tertiary/aromatic N) is 1. The lowest BCUT2D eigenvalue weighted by Gasteiger charge is -2.22. The van der Waals surface area contributed by atoms with Crippen molar-refractivity contribution >= 4 is 11.6 Å². The predicted octanol–water partition coefficient (Wildman–Crippen LogP) is 2.83. The minimum atomic E-state index is 0.150. The summed E-state index contributed by atoms with van der Waals surface area (Å²) < 4.78 is 0. The van der Waals surface area contributed by atoms with E-state index in [-0.39, 0.29) is 5.91 Å². The van der Waals surface area contributed by atoms with Gasteiger partial charge in [-0.2, -0.15) is 0 Å². The summed E-state index contributed by atoms with van der Waals surface area (Å²) in [5.41, 5.74) is 9.18. The van der Waals surface area contributed by atoms with Gasteiger partial charge in [0.05, 0.1) is 0 Å². The van der Waals surface area contributed by atoms with Crippen molar-refractivity contribution in [2.75, 3.05) is 31.5 Å². The second-order valence-corrected chi connectivity index (χ2v) is 5.90.